The van der Waals surface area contributed by atoms with Crippen LogP contribution in [0, 0.1) is 0 Å². The molecule has 0 saturated heterocycles. The first-order chi connectivity index (χ1) is 8.74. The van der Waals surface area contributed by atoms with E-state index in [1.807, 2.05) is 35.0 Å². The lowest BCUT2D eigenvalue weighted by atomic mass is 10.1. The molecular weight excluding hydrogens is 230 g/mol. The van der Waals surface area contributed by atoms with Gasteiger partial charge in [0.1, 0.15) is 5.76 Å². The summed E-state index contributed by atoms with van der Waals surface area (Å²) in [4.78, 5) is 11.0. The molecule has 1 N–H and O–H groups in total. The number of aromatic nitrogens is 1. The fourth-order valence-corrected chi connectivity index (χ4v) is 2.03. The van der Waals surface area contributed by atoms with E-state index in [0.29, 0.717) is 12.1 Å². The van der Waals surface area contributed by atoms with Crippen molar-refractivity contribution in [2.24, 2.45) is 0 Å². The van der Waals surface area contributed by atoms with E-state index < -0.39 is 5.97 Å². The molecular formula is C14H11NO3. The second-order valence-electron chi connectivity index (χ2n) is 4.10. The number of benzene rings is 1. The van der Waals surface area contributed by atoms with Crippen LogP contribution in [0.2, 0.25) is 0 Å². The van der Waals surface area contributed by atoms with Crippen LogP contribution in [0.5, 0.6) is 0 Å². The number of nitrogens with zero attached hydrogens (tertiary/aromatic N) is 1. The van der Waals surface area contributed by atoms with Crippen molar-refractivity contribution in [1.82, 2.24) is 4.57 Å². The molecule has 0 bridgehead atoms. The maximum Gasteiger partial charge on any atom is 0.335 e. The molecule has 4 heteroatoms. The molecule has 0 radical (unpaired) electrons. The molecule has 2 heterocycles. The molecule has 0 atom stereocenters. The summed E-state index contributed by atoms with van der Waals surface area (Å²) in [6.07, 6.45) is 3.56. The third-order valence-corrected chi connectivity index (χ3v) is 2.93. The van der Waals surface area contributed by atoms with Gasteiger partial charge in [-0.1, -0.05) is 6.07 Å². The van der Waals surface area contributed by atoms with Crippen LogP contribution in [-0.4, -0.2) is 15.6 Å². The van der Waals surface area contributed by atoms with Gasteiger partial charge < -0.3 is 14.1 Å². The lowest BCUT2D eigenvalue weighted by Crippen LogP contribution is -1.99. The second kappa shape index (κ2) is 4.07. The van der Waals surface area contributed by atoms with Crippen LogP contribution in [0.25, 0.3) is 10.9 Å². The van der Waals surface area contributed by atoms with E-state index in [-0.39, 0.29) is 0 Å². The third-order valence-electron chi connectivity index (χ3n) is 2.93. The molecule has 0 aliphatic rings. The summed E-state index contributed by atoms with van der Waals surface area (Å²) in [7, 11) is 0. The van der Waals surface area contributed by atoms with E-state index >= 15 is 0 Å². The first-order valence-electron chi connectivity index (χ1n) is 5.58. The van der Waals surface area contributed by atoms with Gasteiger partial charge in [0.05, 0.1) is 18.4 Å². The monoisotopic (exact) mass is 241 g/mol. The molecule has 0 spiro atoms. The van der Waals surface area contributed by atoms with Crippen LogP contribution in [0.4, 0.5) is 0 Å². The molecule has 90 valence electrons. The Morgan fingerprint density at radius 2 is 2.17 bits per heavy atom. The van der Waals surface area contributed by atoms with Crippen molar-refractivity contribution < 1.29 is 14.3 Å². The van der Waals surface area contributed by atoms with Crippen molar-refractivity contribution in [3.05, 3.63) is 60.2 Å². The van der Waals surface area contributed by atoms with E-state index in [1.54, 1.807) is 18.4 Å². The lowest BCUT2D eigenvalue weighted by Gasteiger charge is -2.03. The first kappa shape index (κ1) is 10.7. The van der Waals surface area contributed by atoms with Gasteiger partial charge in [0.2, 0.25) is 0 Å². The number of aromatic carboxylic acids is 1. The van der Waals surface area contributed by atoms with Crippen molar-refractivity contribution in [2.45, 2.75) is 6.54 Å². The Balaban J connectivity index is 2.06. The van der Waals surface area contributed by atoms with Gasteiger partial charge in [-0.15, -0.1) is 0 Å². The molecule has 0 fully saturated rings. The maximum absolute atomic E-state index is 11.0. The summed E-state index contributed by atoms with van der Waals surface area (Å²) in [5.74, 6) is -0.0733. The minimum absolute atomic E-state index is 0.293. The molecule has 1 aromatic carbocycles. The van der Waals surface area contributed by atoms with E-state index in [9.17, 15) is 4.79 Å². The molecule has 0 aliphatic carbocycles. The largest absolute Gasteiger partial charge is 0.478 e. The standard InChI is InChI=1S/C14H11NO3/c16-14(17)11-4-3-10-5-6-15(13(10)8-11)9-12-2-1-7-18-12/h1-8H,9H2,(H,16,17). The van der Waals surface area contributed by atoms with E-state index in [1.165, 1.54) is 0 Å². The van der Waals surface area contributed by atoms with Gasteiger partial charge in [-0.2, -0.15) is 0 Å². The molecule has 0 saturated carbocycles. The molecule has 18 heavy (non-hydrogen) atoms. The van der Waals surface area contributed by atoms with E-state index in [4.69, 9.17) is 9.52 Å². The quantitative estimate of drug-likeness (QED) is 0.766. The highest BCUT2D eigenvalue weighted by molar-refractivity contribution is 5.93. The summed E-state index contributed by atoms with van der Waals surface area (Å²) in [5.41, 5.74) is 1.19. The number of carboxylic acids is 1. The Hall–Kier alpha value is -2.49. The summed E-state index contributed by atoms with van der Waals surface area (Å²) in [5, 5.41) is 10.0. The molecule has 3 aromatic rings. The van der Waals surface area contributed by atoms with Crippen LogP contribution < -0.4 is 0 Å². The van der Waals surface area contributed by atoms with Gasteiger partial charge >= 0.3 is 5.97 Å². The molecule has 0 unspecified atom stereocenters. The van der Waals surface area contributed by atoms with Crippen molar-refractivity contribution in [1.29, 1.82) is 0 Å². The smallest absolute Gasteiger partial charge is 0.335 e. The predicted molar refractivity (Wildman–Crippen MR) is 66.7 cm³/mol. The first-order valence-corrected chi connectivity index (χ1v) is 5.58. The highest BCUT2D eigenvalue weighted by atomic mass is 16.4. The summed E-state index contributed by atoms with van der Waals surface area (Å²) >= 11 is 0. The molecule has 4 nitrogen and oxygen atoms in total. The Labute approximate surface area is 103 Å². The van der Waals surface area contributed by atoms with Crippen LogP contribution in [0.15, 0.2) is 53.3 Å². The second-order valence-corrected chi connectivity index (χ2v) is 4.10. The fourth-order valence-electron chi connectivity index (χ4n) is 2.03. The minimum atomic E-state index is -0.914. The molecule has 3 rings (SSSR count). The minimum Gasteiger partial charge on any atom is -0.478 e. The average Bonchev–Trinajstić information content (AvgIpc) is 2.99. The van der Waals surface area contributed by atoms with Crippen molar-refractivity contribution in [3.63, 3.8) is 0 Å². The van der Waals surface area contributed by atoms with Crippen LogP contribution >= 0.6 is 0 Å². The fraction of sp³-hybridized carbons (Fsp3) is 0.0714. The van der Waals surface area contributed by atoms with Crippen LogP contribution in [0.1, 0.15) is 16.1 Å². The van der Waals surface area contributed by atoms with Crippen LogP contribution in [-0.2, 0) is 6.54 Å². The predicted octanol–water partition coefficient (Wildman–Crippen LogP) is 2.98. The summed E-state index contributed by atoms with van der Waals surface area (Å²) < 4.78 is 7.27. The number of hydrogen-bond donors (Lipinski definition) is 1. The maximum atomic E-state index is 11.0. The highest BCUT2D eigenvalue weighted by Crippen LogP contribution is 2.19. The SMILES string of the molecule is O=C(O)c1ccc2ccn(Cc3ccco3)c2c1. The summed E-state index contributed by atoms with van der Waals surface area (Å²) in [6.45, 7) is 0.597. The van der Waals surface area contributed by atoms with Gasteiger partial charge in [0.25, 0.3) is 0 Å². The van der Waals surface area contributed by atoms with Crippen molar-refractivity contribution in [2.75, 3.05) is 0 Å². The average molecular weight is 241 g/mol. The van der Waals surface area contributed by atoms with Gasteiger partial charge in [-0.05, 0) is 35.7 Å². The van der Waals surface area contributed by atoms with Crippen LogP contribution in [0.3, 0.4) is 0 Å². The number of carbonyl (C=O) groups is 1. The van der Waals surface area contributed by atoms with Gasteiger partial charge in [0.15, 0.2) is 0 Å². The zero-order valence-corrected chi connectivity index (χ0v) is 9.54. The third kappa shape index (κ3) is 1.78. The summed E-state index contributed by atoms with van der Waals surface area (Å²) in [6, 6.07) is 10.8. The zero-order valence-electron chi connectivity index (χ0n) is 9.54. The molecule has 0 aliphatic heterocycles. The van der Waals surface area contributed by atoms with E-state index in [0.717, 1.165) is 16.7 Å². The van der Waals surface area contributed by atoms with Gasteiger partial charge in [-0.3, -0.25) is 0 Å². The lowest BCUT2D eigenvalue weighted by molar-refractivity contribution is 0.0697. The van der Waals surface area contributed by atoms with Crippen molar-refractivity contribution >= 4 is 16.9 Å². The zero-order chi connectivity index (χ0) is 12.5. The Morgan fingerprint density at radius 3 is 2.89 bits per heavy atom. The Bertz CT molecular complexity index is 695. The highest BCUT2D eigenvalue weighted by Gasteiger charge is 2.07. The van der Waals surface area contributed by atoms with Crippen molar-refractivity contribution in [3.8, 4) is 0 Å². The molecule has 2 aromatic heterocycles. The number of hydrogen-bond acceptors (Lipinski definition) is 2. The number of carboxylic acid groups (broad SMARTS) is 1. The number of fused-ring (bicyclic) bond motifs is 1. The van der Waals surface area contributed by atoms with Gasteiger partial charge in [-0.25, -0.2) is 4.79 Å². The normalized spacial score (nSPS) is 10.9. The number of furan rings is 1. The van der Waals surface area contributed by atoms with Gasteiger partial charge in [0, 0.05) is 11.7 Å². The molecule has 0 amide bonds. The van der Waals surface area contributed by atoms with E-state index in [2.05, 4.69) is 0 Å². The Kier molecular flexibility index (Phi) is 2.41. The topological polar surface area (TPSA) is 55.4 Å². The Morgan fingerprint density at radius 1 is 1.28 bits per heavy atom. The number of rotatable bonds is 3.